The maximum Gasteiger partial charge on any atom is 0.416 e. The van der Waals surface area contributed by atoms with Crippen LogP contribution in [0.1, 0.15) is 12.0 Å². The molecule has 2 atom stereocenters. The van der Waals surface area contributed by atoms with E-state index in [0.717, 1.165) is 0 Å². The molecular formula is C13H13F4NO3. The molecule has 2 rings (SSSR count). The van der Waals surface area contributed by atoms with Crippen LogP contribution in [0.25, 0.3) is 0 Å². The Morgan fingerprint density at radius 3 is 2.71 bits per heavy atom. The maximum atomic E-state index is 13.5. The first-order valence-electron chi connectivity index (χ1n) is 6.16. The summed E-state index contributed by atoms with van der Waals surface area (Å²) in [6.07, 6.45) is -4.98. The van der Waals surface area contributed by atoms with Gasteiger partial charge in [0, 0.05) is 13.0 Å². The van der Waals surface area contributed by atoms with Gasteiger partial charge >= 0.3 is 12.1 Å². The van der Waals surface area contributed by atoms with E-state index in [-0.39, 0.29) is 13.0 Å². The van der Waals surface area contributed by atoms with Crippen molar-refractivity contribution in [3.05, 3.63) is 29.6 Å². The quantitative estimate of drug-likeness (QED) is 0.686. The number of methoxy groups -OCH3 is 1. The second kappa shape index (κ2) is 5.88. The van der Waals surface area contributed by atoms with Crippen LogP contribution in [0.3, 0.4) is 0 Å². The molecule has 0 aliphatic carbocycles. The highest BCUT2D eigenvalue weighted by Gasteiger charge is 2.34. The molecule has 4 nitrogen and oxygen atoms in total. The molecule has 1 saturated heterocycles. The molecule has 1 aliphatic rings. The fourth-order valence-electron chi connectivity index (χ4n) is 2.06. The Morgan fingerprint density at radius 2 is 2.10 bits per heavy atom. The predicted molar refractivity (Wildman–Crippen MR) is 64.2 cm³/mol. The minimum absolute atomic E-state index is 0.197. The molecule has 21 heavy (non-hydrogen) atoms. The van der Waals surface area contributed by atoms with E-state index in [2.05, 4.69) is 10.1 Å². The minimum Gasteiger partial charge on any atom is -0.486 e. The lowest BCUT2D eigenvalue weighted by Crippen LogP contribution is -2.31. The molecule has 8 heteroatoms. The zero-order chi connectivity index (χ0) is 15.6. The molecule has 0 unspecified atom stereocenters. The number of benzene rings is 1. The minimum atomic E-state index is -4.58. The van der Waals surface area contributed by atoms with Crippen molar-refractivity contribution in [1.29, 1.82) is 0 Å². The standard InChI is InChI=1S/C13H13F4NO3/c1-20-12(19)10-5-8(6-18-10)21-11-4-7(13(15,16)17)2-3-9(11)14/h2-4,8,10,18H,5-6H2,1H3/t8-,10+/m1/s1. The molecule has 0 bridgehead atoms. The topological polar surface area (TPSA) is 47.6 Å². The number of nitrogens with one attached hydrogen (secondary N) is 1. The van der Waals surface area contributed by atoms with E-state index in [0.29, 0.717) is 18.2 Å². The molecular weight excluding hydrogens is 294 g/mol. The molecule has 0 radical (unpaired) electrons. The molecule has 0 aromatic heterocycles. The van der Waals surface area contributed by atoms with Crippen LogP contribution in [0.5, 0.6) is 5.75 Å². The van der Waals surface area contributed by atoms with Gasteiger partial charge in [0.05, 0.1) is 12.7 Å². The van der Waals surface area contributed by atoms with Crippen molar-refractivity contribution in [2.24, 2.45) is 0 Å². The van der Waals surface area contributed by atoms with Crippen molar-refractivity contribution in [2.75, 3.05) is 13.7 Å². The van der Waals surface area contributed by atoms with Gasteiger partial charge in [0.1, 0.15) is 12.1 Å². The van der Waals surface area contributed by atoms with Crippen LogP contribution in [-0.4, -0.2) is 31.8 Å². The number of alkyl halides is 3. The average Bonchev–Trinajstić information content (AvgIpc) is 2.87. The van der Waals surface area contributed by atoms with E-state index in [1.165, 1.54) is 7.11 Å². The number of esters is 1. The Balaban J connectivity index is 2.08. The smallest absolute Gasteiger partial charge is 0.416 e. The van der Waals surface area contributed by atoms with Crippen LogP contribution in [0.2, 0.25) is 0 Å². The summed E-state index contributed by atoms with van der Waals surface area (Å²) in [6.45, 7) is 0.218. The lowest BCUT2D eigenvalue weighted by atomic mass is 10.2. The SMILES string of the molecule is COC(=O)[C@@H]1C[C@@H](Oc2cc(C(F)(F)F)ccc2F)CN1. The van der Waals surface area contributed by atoms with E-state index < -0.39 is 41.4 Å². The Labute approximate surface area is 118 Å². The molecule has 1 N–H and O–H groups in total. The number of hydrogen-bond donors (Lipinski definition) is 1. The number of rotatable bonds is 3. The van der Waals surface area contributed by atoms with Crippen LogP contribution in [0.15, 0.2) is 18.2 Å². The van der Waals surface area contributed by atoms with Gasteiger partial charge in [-0.15, -0.1) is 0 Å². The van der Waals surface area contributed by atoms with E-state index in [1.807, 2.05) is 0 Å². The fourth-order valence-corrected chi connectivity index (χ4v) is 2.06. The Kier molecular flexibility index (Phi) is 4.36. The van der Waals surface area contributed by atoms with Gasteiger partial charge in [0.2, 0.25) is 0 Å². The summed E-state index contributed by atoms with van der Waals surface area (Å²) in [6, 6.07) is 1.36. The third-order valence-electron chi connectivity index (χ3n) is 3.13. The molecule has 0 spiro atoms. The van der Waals surface area contributed by atoms with Crippen molar-refractivity contribution < 1.29 is 31.8 Å². The second-order valence-electron chi connectivity index (χ2n) is 4.60. The number of hydrogen-bond acceptors (Lipinski definition) is 4. The summed E-state index contributed by atoms with van der Waals surface area (Å²) in [5.41, 5.74) is -0.991. The Morgan fingerprint density at radius 1 is 1.38 bits per heavy atom. The molecule has 0 saturated carbocycles. The van der Waals surface area contributed by atoms with E-state index in [1.54, 1.807) is 0 Å². The molecule has 1 aliphatic heterocycles. The highest BCUT2D eigenvalue weighted by atomic mass is 19.4. The lowest BCUT2D eigenvalue weighted by molar-refractivity contribution is -0.142. The predicted octanol–water partition coefficient (Wildman–Crippen LogP) is 2.13. The van der Waals surface area contributed by atoms with E-state index in [9.17, 15) is 22.4 Å². The molecule has 1 heterocycles. The van der Waals surface area contributed by atoms with Gasteiger partial charge in [-0.1, -0.05) is 0 Å². The fraction of sp³-hybridized carbons (Fsp3) is 0.462. The molecule has 116 valence electrons. The van der Waals surface area contributed by atoms with Crippen molar-refractivity contribution >= 4 is 5.97 Å². The van der Waals surface area contributed by atoms with Crippen LogP contribution >= 0.6 is 0 Å². The zero-order valence-electron chi connectivity index (χ0n) is 11.0. The summed E-state index contributed by atoms with van der Waals surface area (Å²) < 4.78 is 61.0. The second-order valence-corrected chi connectivity index (χ2v) is 4.60. The summed E-state index contributed by atoms with van der Waals surface area (Å²) in [5.74, 6) is -1.86. The van der Waals surface area contributed by atoms with Gasteiger partial charge in [-0.25, -0.2) is 4.39 Å². The average molecular weight is 307 g/mol. The van der Waals surface area contributed by atoms with Gasteiger partial charge in [0.15, 0.2) is 11.6 Å². The highest BCUT2D eigenvalue weighted by molar-refractivity contribution is 5.76. The summed E-state index contributed by atoms with van der Waals surface area (Å²) in [7, 11) is 1.23. The largest absolute Gasteiger partial charge is 0.486 e. The number of carbonyl (C=O) groups is 1. The molecule has 1 aromatic carbocycles. The Hall–Kier alpha value is -1.83. The van der Waals surface area contributed by atoms with Gasteiger partial charge in [0.25, 0.3) is 0 Å². The normalized spacial score (nSPS) is 22.1. The maximum absolute atomic E-state index is 13.5. The Bertz CT molecular complexity index is 533. The number of halogens is 4. The van der Waals surface area contributed by atoms with Crippen LogP contribution in [-0.2, 0) is 15.7 Å². The summed E-state index contributed by atoms with van der Waals surface area (Å²) >= 11 is 0. The van der Waals surface area contributed by atoms with E-state index in [4.69, 9.17) is 4.74 Å². The van der Waals surface area contributed by atoms with Crippen molar-refractivity contribution in [3.63, 3.8) is 0 Å². The van der Waals surface area contributed by atoms with Gasteiger partial charge < -0.3 is 14.8 Å². The highest BCUT2D eigenvalue weighted by Crippen LogP contribution is 2.33. The van der Waals surface area contributed by atoms with Crippen molar-refractivity contribution in [2.45, 2.75) is 24.7 Å². The monoisotopic (exact) mass is 307 g/mol. The molecule has 1 aromatic rings. The molecule has 0 amide bonds. The molecule has 1 fully saturated rings. The van der Waals surface area contributed by atoms with Crippen LogP contribution < -0.4 is 10.1 Å². The summed E-state index contributed by atoms with van der Waals surface area (Å²) in [4.78, 5) is 11.3. The van der Waals surface area contributed by atoms with Crippen molar-refractivity contribution in [3.8, 4) is 5.75 Å². The number of ether oxygens (including phenoxy) is 2. The lowest BCUT2D eigenvalue weighted by Gasteiger charge is -2.15. The third kappa shape index (κ3) is 3.63. The van der Waals surface area contributed by atoms with Gasteiger partial charge in [-0.05, 0) is 18.2 Å². The first-order valence-corrected chi connectivity index (χ1v) is 6.16. The van der Waals surface area contributed by atoms with Gasteiger partial charge in [-0.2, -0.15) is 13.2 Å². The zero-order valence-corrected chi connectivity index (χ0v) is 11.0. The number of carbonyl (C=O) groups excluding carboxylic acids is 1. The van der Waals surface area contributed by atoms with E-state index >= 15 is 0 Å². The van der Waals surface area contributed by atoms with Crippen LogP contribution in [0, 0.1) is 5.82 Å². The third-order valence-corrected chi connectivity index (χ3v) is 3.13. The summed E-state index contributed by atoms with van der Waals surface area (Å²) in [5, 5.41) is 2.80. The van der Waals surface area contributed by atoms with Crippen LogP contribution in [0.4, 0.5) is 17.6 Å². The van der Waals surface area contributed by atoms with Crippen molar-refractivity contribution in [1.82, 2.24) is 5.32 Å². The first kappa shape index (κ1) is 15.6. The van der Waals surface area contributed by atoms with Gasteiger partial charge in [-0.3, -0.25) is 4.79 Å². The first-order chi connectivity index (χ1) is 9.81.